The minimum absolute atomic E-state index is 0.127. The number of fused-ring (bicyclic) bond motifs is 4. The van der Waals surface area contributed by atoms with E-state index >= 15 is 4.79 Å². The van der Waals surface area contributed by atoms with Gasteiger partial charge in [-0.05, 0) is 125 Å². The molecule has 1 N–H and O–H groups in total. The number of hydrogen-bond donors (Lipinski definition) is 1. The minimum Gasteiger partial charge on any atom is -0.494 e. The number of rotatable bonds is 10. The third kappa shape index (κ3) is 6.54. The van der Waals surface area contributed by atoms with Crippen LogP contribution in [0.1, 0.15) is 79.7 Å². The molecule has 4 aromatic heterocycles. The predicted octanol–water partition coefficient (Wildman–Crippen LogP) is 10.2. The van der Waals surface area contributed by atoms with Gasteiger partial charge < -0.3 is 23.9 Å². The highest BCUT2D eigenvalue weighted by atomic mass is 35.5. The molecule has 7 aromatic rings. The Morgan fingerprint density at radius 2 is 1.72 bits per heavy atom. The molecule has 57 heavy (non-hydrogen) atoms. The number of nitrogens with zero attached hydrogens (tertiary/aromatic N) is 6. The van der Waals surface area contributed by atoms with Crippen LogP contribution in [0.4, 0.5) is 5.69 Å². The lowest BCUT2D eigenvalue weighted by Crippen LogP contribution is -2.43. The maximum Gasteiger partial charge on any atom is 0.352 e. The summed E-state index contributed by atoms with van der Waals surface area (Å²) in [5.41, 5.74) is 11.0. The van der Waals surface area contributed by atoms with E-state index in [0.717, 1.165) is 71.8 Å². The predicted molar refractivity (Wildman–Crippen MR) is 227 cm³/mol. The van der Waals surface area contributed by atoms with E-state index < -0.39 is 5.97 Å². The number of carbonyl (C=O) groups is 2. The Hall–Kier alpha value is -5.58. The molecule has 1 aliphatic rings. The average molecular weight is 804 g/mol. The molecule has 0 aliphatic carbocycles. The molecule has 1 atom stereocenters. The minimum atomic E-state index is -1.05. The van der Waals surface area contributed by atoms with Crippen LogP contribution in [-0.2, 0) is 20.0 Å². The maximum atomic E-state index is 15.4. The van der Waals surface area contributed by atoms with Gasteiger partial charge in [0.1, 0.15) is 17.1 Å². The standard InChI is InChI=1S/C45H44Cl2N6O4/c1-24-17-30-21-37(45(55)56)51(23-31-11-8-9-15-48-31)41(30)36(18-24)52-22-27(4)53-42-34(13-14-35(46)39(42)38-28(5)49-50(7)29(38)6)33(43(53)44(52)54)12-10-16-57-32-19-25(2)40(47)26(3)20-32/h8-9,11,13-15,17-21,27H,10,12,16,22-23H2,1-7H3,(H,55,56). The van der Waals surface area contributed by atoms with Crippen molar-refractivity contribution in [2.75, 3.05) is 18.1 Å². The number of hydrogen-bond acceptors (Lipinski definition) is 5. The Balaban J connectivity index is 1.30. The molecule has 0 saturated heterocycles. The van der Waals surface area contributed by atoms with Gasteiger partial charge in [0.2, 0.25) is 0 Å². The number of halogens is 2. The van der Waals surface area contributed by atoms with Gasteiger partial charge in [-0.3, -0.25) is 14.5 Å². The Morgan fingerprint density at radius 1 is 0.965 bits per heavy atom. The number of carbonyl (C=O) groups excluding carboxylic acids is 1. The largest absolute Gasteiger partial charge is 0.494 e. The van der Waals surface area contributed by atoms with E-state index in [1.54, 1.807) is 16.8 Å². The molecule has 0 saturated carbocycles. The van der Waals surface area contributed by atoms with Crippen molar-refractivity contribution in [3.8, 4) is 16.9 Å². The van der Waals surface area contributed by atoms with E-state index in [0.29, 0.717) is 53.6 Å². The van der Waals surface area contributed by atoms with Gasteiger partial charge in [0, 0.05) is 58.4 Å². The lowest BCUT2D eigenvalue weighted by atomic mass is 9.98. The topological polar surface area (TPSA) is 107 Å². The normalized spacial score (nSPS) is 14.2. The van der Waals surface area contributed by atoms with Crippen LogP contribution < -0.4 is 9.64 Å². The summed E-state index contributed by atoms with van der Waals surface area (Å²) in [5, 5.41) is 18.1. The molecule has 5 heterocycles. The van der Waals surface area contributed by atoms with E-state index in [4.69, 9.17) is 33.0 Å². The zero-order chi connectivity index (χ0) is 40.4. The first-order valence-corrected chi connectivity index (χ1v) is 19.8. The van der Waals surface area contributed by atoms with Gasteiger partial charge in [-0.2, -0.15) is 5.10 Å². The van der Waals surface area contributed by atoms with Crippen LogP contribution in [0.2, 0.25) is 10.0 Å². The third-order valence-corrected chi connectivity index (χ3v) is 12.1. The number of ether oxygens (including phenoxy) is 1. The van der Waals surface area contributed by atoms with Crippen LogP contribution in [0.3, 0.4) is 0 Å². The van der Waals surface area contributed by atoms with Gasteiger partial charge in [-0.15, -0.1) is 0 Å². The van der Waals surface area contributed by atoms with Gasteiger partial charge in [0.05, 0.1) is 46.3 Å². The average Bonchev–Trinajstić information content (AvgIpc) is 3.79. The summed E-state index contributed by atoms with van der Waals surface area (Å²) >= 11 is 13.6. The summed E-state index contributed by atoms with van der Waals surface area (Å²) in [5.74, 6) is -0.466. The van der Waals surface area contributed by atoms with Crippen LogP contribution in [0, 0.1) is 34.6 Å². The summed E-state index contributed by atoms with van der Waals surface area (Å²) in [6, 6.07) is 18.9. The summed E-state index contributed by atoms with van der Waals surface area (Å²) in [6.07, 6.45) is 2.90. The number of aromatic nitrogens is 5. The number of carboxylic acids is 1. The zero-order valence-corrected chi connectivity index (χ0v) is 34.6. The summed E-state index contributed by atoms with van der Waals surface area (Å²) in [6.45, 7) is 13.0. The number of amides is 1. The second kappa shape index (κ2) is 14.7. The van der Waals surface area contributed by atoms with Crippen molar-refractivity contribution in [2.45, 2.75) is 67.0 Å². The van der Waals surface area contributed by atoms with Crippen molar-refractivity contribution in [3.05, 3.63) is 128 Å². The van der Waals surface area contributed by atoms with Gasteiger partial charge in [0.25, 0.3) is 5.91 Å². The molecule has 0 bridgehead atoms. The second-order valence-corrected chi connectivity index (χ2v) is 16.0. The highest BCUT2D eigenvalue weighted by Gasteiger charge is 2.38. The fourth-order valence-electron chi connectivity index (χ4n) is 8.67. The van der Waals surface area contributed by atoms with Gasteiger partial charge in [-0.25, -0.2) is 4.79 Å². The molecule has 0 radical (unpaired) electrons. The monoisotopic (exact) mass is 802 g/mol. The first kappa shape index (κ1) is 38.3. The van der Waals surface area contributed by atoms with Gasteiger partial charge in [0.15, 0.2) is 0 Å². The van der Waals surface area contributed by atoms with Crippen molar-refractivity contribution in [3.63, 3.8) is 0 Å². The SMILES string of the molecule is Cc1cc(N2CC(C)n3c(c(CCCOc4cc(C)c(Cl)c(C)c4)c4ccc(Cl)c(-c5c(C)nn(C)c5C)c43)C2=O)c2c(c1)cc(C(=O)O)n2Cc1ccccn1. The van der Waals surface area contributed by atoms with Crippen molar-refractivity contribution in [1.29, 1.82) is 0 Å². The number of anilines is 1. The number of benzene rings is 3. The molecule has 292 valence electrons. The fourth-order valence-corrected chi connectivity index (χ4v) is 9.03. The molecule has 10 nitrogen and oxygen atoms in total. The first-order valence-electron chi connectivity index (χ1n) is 19.1. The Morgan fingerprint density at radius 3 is 2.39 bits per heavy atom. The Kier molecular flexibility index (Phi) is 9.90. The van der Waals surface area contributed by atoms with Crippen molar-refractivity contribution in [2.24, 2.45) is 7.05 Å². The van der Waals surface area contributed by atoms with E-state index in [1.165, 1.54) is 0 Å². The second-order valence-electron chi connectivity index (χ2n) is 15.2. The Bertz CT molecular complexity index is 2740. The number of pyridine rings is 1. The molecule has 1 amide bonds. The lowest BCUT2D eigenvalue weighted by Gasteiger charge is -2.35. The zero-order valence-electron chi connectivity index (χ0n) is 33.1. The fraction of sp³-hybridized carbons (Fsp3) is 0.289. The van der Waals surface area contributed by atoms with Crippen molar-refractivity contribution >= 4 is 62.6 Å². The van der Waals surface area contributed by atoms with Crippen LogP contribution in [-0.4, -0.2) is 54.0 Å². The summed E-state index contributed by atoms with van der Waals surface area (Å²) in [4.78, 5) is 34.5. The molecule has 0 fully saturated rings. The van der Waals surface area contributed by atoms with E-state index in [-0.39, 0.29) is 24.2 Å². The lowest BCUT2D eigenvalue weighted by molar-refractivity contribution is 0.0686. The van der Waals surface area contributed by atoms with Gasteiger partial charge in [-0.1, -0.05) is 35.3 Å². The first-order chi connectivity index (χ1) is 27.2. The molecule has 12 heteroatoms. The quantitative estimate of drug-likeness (QED) is 0.138. The molecule has 8 rings (SSSR count). The smallest absolute Gasteiger partial charge is 0.352 e. The van der Waals surface area contributed by atoms with Crippen molar-refractivity contribution < 1.29 is 19.4 Å². The molecule has 1 aliphatic heterocycles. The number of aromatic carboxylic acids is 1. The number of carboxylic acid groups (broad SMARTS) is 1. The van der Waals surface area contributed by atoms with Crippen LogP contribution in [0.5, 0.6) is 5.75 Å². The molecule has 1 unspecified atom stereocenters. The third-order valence-electron chi connectivity index (χ3n) is 11.2. The highest BCUT2D eigenvalue weighted by Crippen LogP contribution is 2.46. The van der Waals surface area contributed by atoms with E-state index in [1.807, 2.05) is 106 Å². The summed E-state index contributed by atoms with van der Waals surface area (Å²) < 4.78 is 12.1. The van der Waals surface area contributed by atoms with Gasteiger partial charge >= 0.3 is 5.97 Å². The number of aryl methyl sites for hydroxylation is 6. The van der Waals surface area contributed by atoms with Crippen molar-refractivity contribution in [1.82, 2.24) is 23.9 Å². The molecular formula is C45H44Cl2N6O4. The summed E-state index contributed by atoms with van der Waals surface area (Å²) in [7, 11) is 1.93. The van der Waals surface area contributed by atoms with Crippen LogP contribution in [0.15, 0.2) is 66.9 Å². The van der Waals surface area contributed by atoms with Crippen LogP contribution >= 0.6 is 23.2 Å². The Labute approximate surface area is 341 Å². The maximum absolute atomic E-state index is 15.4. The van der Waals surface area contributed by atoms with E-state index in [2.05, 4.69) is 16.5 Å². The van der Waals surface area contributed by atoms with E-state index in [9.17, 15) is 9.90 Å². The van der Waals surface area contributed by atoms with Crippen LogP contribution in [0.25, 0.3) is 32.9 Å². The molecule has 0 spiro atoms. The molecular weight excluding hydrogens is 759 g/mol. The molecule has 3 aromatic carbocycles. The highest BCUT2D eigenvalue weighted by molar-refractivity contribution is 6.35.